The Labute approximate surface area is 173 Å². The van der Waals surface area contributed by atoms with Gasteiger partial charge in [-0.05, 0) is 60.7 Å². The quantitative estimate of drug-likeness (QED) is 0.541. The molecule has 5 heteroatoms. The highest BCUT2D eigenvalue weighted by molar-refractivity contribution is 5.97. The van der Waals surface area contributed by atoms with Gasteiger partial charge in [0.25, 0.3) is 0 Å². The van der Waals surface area contributed by atoms with Crippen LogP contribution in [-0.4, -0.2) is 5.91 Å². The topological polar surface area (TPSA) is 29.1 Å². The Morgan fingerprint density at radius 3 is 2.00 bits per heavy atom. The van der Waals surface area contributed by atoms with E-state index in [1.807, 2.05) is 62.4 Å². The van der Waals surface area contributed by atoms with Gasteiger partial charge in [-0.25, -0.2) is 0 Å². The molecule has 1 aliphatic rings. The first-order valence-electron chi connectivity index (χ1n) is 9.84. The van der Waals surface area contributed by atoms with Crippen molar-refractivity contribution < 1.29 is 18.0 Å². The number of halogens is 3. The molecule has 0 saturated heterocycles. The predicted octanol–water partition coefficient (Wildman–Crippen LogP) is 6.27. The number of hydrogen-bond donors (Lipinski definition) is 1. The minimum atomic E-state index is -4.45. The van der Waals surface area contributed by atoms with Gasteiger partial charge < -0.3 is 5.32 Å². The van der Waals surface area contributed by atoms with E-state index in [0.29, 0.717) is 6.42 Å². The van der Waals surface area contributed by atoms with E-state index in [4.69, 9.17) is 0 Å². The van der Waals surface area contributed by atoms with Crippen molar-refractivity contribution in [3.63, 3.8) is 0 Å². The predicted molar refractivity (Wildman–Crippen MR) is 111 cm³/mol. The molecule has 0 heterocycles. The second-order valence-corrected chi connectivity index (χ2v) is 7.93. The molecule has 3 aromatic carbocycles. The normalized spacial score (nSPS) is 17.4. The molecule has 3 aromatic rings. The monoisotopic (exact) mass is 409 g/mol. The van der Waals surface area contributed by atoms with Crippen LogP contribution in [0.3, 0.4) is 0 Å². The van der Waals surface area contributed by atoms with Crippen molar-refractivity contribution in [3.05, 3.63) is 101 Å². The first-order valence-corrected chi connectivity index (χ1v) is 9.84. The molecule has 0 radical (unpaired) electrons. The van der Waals surface area contributed by atoms with Crippen molar-refractivity contribution in [3.8, 4) is 0 Å². The molecule has 1 saturated carbocycles. The van der Waals surface area contributed by atoms with Gasteiger partial charge in [-0.3, -0.25) is 4.79 Å². The molecule has 1 fully saturated rings. The number of rotatable bonds is 4. The molecule has 0 unspecified atom stereocenters. The molecule has 1 aliphatic carbocycles. The molecule has 1 N–H and O–H groups in total. The molecule has 2 nitrogen and oxygen atoms in total. The van der Waals surface area contributed by atoms with Crippen LogP contribution in [0.5, 0.6) is 0 Å². The summed E-state index contributed by atoms with van der Waals surface area (Å²) in [7, 11) is 0. The fraction of sp³-hybridized carbons (Fsp3) is 0.240. The number of benzene rings is 3. The van der Waals surface area contributed by atoms with Crippen LogP contribution in [0.4, 0.5) is 18.9 Å². The van der Waals surface area contributed by atoms with Crippen LogP contribution in [0.2, 0.25) is 0 Å². The van der Waals surface area contributed by atoms with Gasteiger partial charge in [0.1, 0.15) is 0 Å². The standard InChI is InChI=1S/C25H22F3NO/c1-16-8-3-5-12-20(16)24(21-13-6-4-9-17(21)2)15-22(24)23(30)29-19-11-7-10-18(14-19)25(26,27)28/h3-14,22H,15H2,1-2H3,(H,29,30)/t22-/m0/s1. The summed E-state index contributed by atoms with van der Waals surface area (Å²) in [5.74, 6) is -0.616. The van der Waals surface area contributed by atoms with Gasteiger partial charge in [0.2, 0.25) is 5.91 Å². The maximum atomic E-state index is 13.1. The van der Waals surface area contributed by atoms with E-state index in [0.717, 1.165) is 34.4 Å². The first kappa shape index (κ1) is 20.2. The molecule has 1 atom stereocenters. The van der Waals surface area contributed by atoms with E-state index in [1.54, 1.807) is 0 Å². The summed E-state index contributed by atoms with van der Waals surface area (Å²) < 4.78 is 39.1. The van der Waals surface area contributed by atoms with Crippen LogP contribution in [0.25, 0.3) is 0 Å². The molecule has 0 spiro atoms. The molecular weight excluding hydrogens is 387 g/mol. The molecule has 1 amide bonds. The molecule has 0 aromatic heterocycles. The molecular formula is C25H22F3NO. The minimum absolute atomic E-state index is 0.158. The zero-order valence-electron chi connectivity index (χ0n) is 16.8. The zero-order valence-corrected chi connectivity index (χ0v) is 16.8. The van der Waals surface area contributed by atoms with Crippen molar-refractivity contribution in [2.45, 2.75) is 31.9 Å². The Bertz CT molecular complexity index is 1060. The van der Waals surface area contributed by atoms with Crippen LogP contribution in [-0.2, 0) is 16.4 Å². The second-order valence-electron chi connectivity index (χ2n) is 7.93. The number of aryl methyl sites for hydroxylation is 2. The highest BCUT2D eigenvalue weighted by atomic mass is 19.4. The van der Waals surface area contributed by atoms with Gasteiger partial charge in [-0.2, -0.15) is 13.2 Å². The third-order valence-corrected chi connectivity index (χ3v) is 5.99. The van der Waals surface area contributed by atoms with Crippen LogP contribution in [0.1, 0.15) is 34.2 Å². The Morgan fingerprint density at radius 2 is 1.47 bits per heavy atom. The van der Waals surface area contributed by atoms with Crippen molar-refractivity contribution in [2.75, 3.05) is 5.32 Å². The number of anilines is 1. The maximum Gasteiger partial charge on any atom is 0.416 e. The third kappa shape index (κ3) is 3.49. The number of carbonyl (C=O) groups is 1. The molecule has 154 valence electrons. The summed E-state index contributed by atoms with van der Waals surface area (Å²) in [4.78, 5) is 13.1. The van der Waals surface area contributed by atoms with Gasteiger partial charge in [-0.1, -0.05) is 54.6 Å². The Hall–Kier alpha value is -3.08. The lowest BCUT2D eigenvalue weighted by molar-refractivity contribution is -0.137. The molecule has 4 rings (SSSR count). The van der Waals surface area contributed by atoms with Crippen molar-refractivity contribution in [2.24, 2.45) is 5.92 Å². The lowest BCUT2D eigenvalue weighted by Crippen LogP contribution is -2.23. The highest BCUT2D eigenvalue weighted by Crippen LogP contribution is 2.60. The van der Waals surface area contributed by atoms with Crippen molar-refractivity contribution in [1.82, 2.24) is 0 Å². The lowest BCUT2D eigenvalue weighted by Gasteiger charge is -2.23. The van der Waals surface area contributed by atoms with Gasteiger partial charge in [-0.15, -0.1) is 0 Å². The van der Waals surface area contributed by atoms with Gasteiger partial charge in [0.15, 0.2) is 0 Å². The zero-order chi connectivity index (χ0) is 21.5. The van der Waals surface area contributed by atoms with Crippen LogP contribution in [0, 0.1) is 19.8 Å². The van der Waals surface area contributed by atoms with Gasteiger partial charge >= 0.3 is 6.18 Å². The molecule has 30 heavy (non-hydrogen) atoms. The molecule has 0 aliphatic heterocycles. The third-order valence-electron chi connectivity index (χ3n) is 5.99. The van der Waals surface area contributed by atoms with E-state index in [-0.39, 0.29) is 17.5 Å². The summed E-state index contributed by atoms with van der Waals surface area (Å²) in [5.41, 5.74) is 3.27. The fourth-order valence-corrected chi connectivity index (χ4v) is 4.47. The van der Waals surface area contributed by atoms with Crippen LogP contribution in [0.15, 0.2) is 72.8 Å². The SMILES string of the molecule is Cc1ccccc1C1(c2ccccc2C)C[C@H]1C(=O)Nc1cccc(C(F)(F)F)c1. The Kier molecular flexibility index (Phi) is 4.92. The van der Waals surface area contributed by atoms with Gasteiger partial charge in [0.05, 0.1) is 11.5 Å². The fourth-order valence-electron chi connectivity index (χ4n) is 4.47. The van der Waals surface area contributed by atoms with E-state index in [9.17, 15) is 18.0 Å². The number of alkyl halides is 3. The summed E-state index contributed by atoms with van der Waals surface area (Å²) in [5, 5.41) is 2.71. The first-order chi connectivity index (χ1) is 14.2. The average molecular weight is 409 g/mol. The number of hydrogen-bond acceptors (Lipinski definition) is 1. The Morgan fingerprint density at radius 1 is 0.900 bits per heavy atom. The molecule has 0 bridgehead atoms. The average Bonchev–Trinajstić information content (AvgIpc) is 3.45. The van der Waals surface area contributed by atoms with Crippen LogP contribution < -0.4 is 5.32 Å². The van der Waals surface area contributed by atoms with Crippen molar-refractivity contribution in [1.29, 1.82) is 0 Å². The van der Waals surface area contributed by atoms with E-state index >= 15 is 0 Å². The Balaban J connectivity index is 1.69. The van der Waals surface area contributed by atoms with E-state index in [2.05, 4.69) is 5.32 Å². The minimum Gasteiger partial charge on any atom is -0.326 e. The van der Waals surface area contributed by atoms with Gasteiger partial charge in [0, 0.05) is 11.1 Å². The summed E-state index contributed by atoms with van der Waals surface area (Å²) >= 11 is 0. The number of carbonyl (C=O) groups excluding carboxylic acids is 1. The van der Waals surface area contributed by atoms with E-state index in [1.165, 1.54) is 12.1 Å². The smallest absolute Gasteiger partial charge is 0.326 e. The lowest BCUT2D eigenvalue weighted by atomic mass is 9.81. The summed E-state index contributed by atoms with van der Waals surface area (Å²) in [6.45, 7) is 4.05. The second kappa shape index (κ2) is 7.31. The van der Waals surface area contributed by atoms with Crippen molar-refractivity contribution >= 4 is 11.6 Å². The number of amides is 1. The summed E-state index contributed by atoms with van der Waals surface area (Å²) in [6.07, 6.45) is -3.83. The number of nitrogens with one attached hydrogen (secondary N) is 1. The highest BCUT2D eigenvalue weighted by Gasteiger charge is 2.61. The summed E-state index contributed by atoms with van der Waals surface area (Å²) in [6, 6.07) is 20.7. The van der Waals surface area contributed by atoms with E-state index < -0.39 is 17.2 Å². The van der Waals surface area contributed by atoms with Crippen LogP contribution >= 0.6 is 0 Å². The maximum absolute atomic E-state index is 13.1. The largest absolute Gasteiger partial charge is 0.416 e.